The predicted molar refractivity (Wildman–Crippen MR) is 438 cm³/mol. The van der Waals surface area contributed by atoms with Crippen LogP contribution in [-0.4, -0.2) is 171 Å². The molecule has 0 aliphatic heterocycles. The Morgan fingerprint density at radius 2 is 0.819 bits per heavy atom. The Morgan fingerprint density at radius 1 is 0.448 bits per heavy atom. The molecule has 614 valence electrons. The Labute approximate surface area is 673 Å². The second kappa shape index (κ2) is 37.0. The number of amides is 9. The van der Waals surface area contributed by atoms with Crippen LogP contribution >= 0.6 is 11.3 Å². The molecule has 0 spiro atoms. The zero-order valence-electron chi connectivity index (χ0n) is 65.9. The maximum atomic E-state index is 12.9. The topological polar surface area (TPSA) is 471 Å². The molecule has 0 unspecified atom stereocenters. The third-order valence-electron chi connectivity index (χ3n) is 16.1. The number of carbonyl (C=O) groups excluding carboxylic acids is 6. The van der Waals surface area contributed by atoms with Gasteiger partial charge in [0.25, 0.3) is 0 Å². The lowest BCUT2D eigenvalue weighted by Gasteiger charge is -2.14. The molecule has 9 amide bonds. The molecule has 42 heteroatoms. The van der Waals surface area contributed by atoms with Crippen LogP contribution in [0, 0.1) is 0 Å². The van der Waals surface area contributed by atoms with E-state index in [2.05, 4.69) is 61.9 Å². The van der Waals surface area contributed by atoms with Crippen molar-refractivity contribution >= 4 is 124 Å². The number of nitrogens with one attached hydrogen (secondary N) is 10. The van der Waals surface area contributed by atoms with Gasteiger partial charge in [-0.2, -0.15) is 53.5 Å². The predicted octanol–water partition coefficient (Wildman–Crippen LogP) is 11.3. The number of benzene rings is 5. The number of rotatable bonds is 22. The molecule has 11 aromatic rings. The number of anilines is 6. The van der Waals surface area contributed by atoms with Crippen molar-refractivity contribution in [1.82, 2.24) is 81.3 Å². The quantitative estimate of drug-likeness (QED) is 0.0282. The summed E-state index contributed by atoms with van der Waals surface area (Å²) in [4.78, 5) is 93.5. The molecule has 10 N–H and O–H groups in total. The molecule has 0 saturated carbocycles. The maximum Gasteiger partial charge on any atom is 0.422 e. The summed E-state index contributed by atoms with van der Waals surface area (Å²) in [6.07, 6.45) is -0.417. The summed E-state index contributed by atoms with van der Waals surface area (Å²) in [7, 11) is -4.08. The van der Waals surface area contributed by atoms with Gasteiger partial charge in [-0.15, -0.1) is 11.3 Å². The van der Waals surface area contributed by atoms with Crippen LogP contribution < -0.4 is 46.1 Å². The van der Waals surface area contributed by atoms with Gasteiger partial charge >= 0.3 is 67.0 Å². The fourth-order valence-corrected chi connectivity index (χ4v) is 11.7. The van der Waals surface area contributed by atoms with Crippen LogP contribution in [0.15, 0.2) is 170 Å². The first-order valence-corrected chi connectivity index (χ1v) is 40.3. The van der Waals surface area contributed by atoms with Crippen LogP contribution in [0.4, 0.5) is 63.1 Å². The highest BCUT2D eigenvalue weighted by atomic mass is 32.2. The number of carbonyl (C=O) groups is 6. The molecule has 11 rings (SSSR count). The van der Waals surface area contributed by atoms with Crippen molar-refractivity contribution in [2.24, 2.45) is 0 Å². The summed E-state index contributed by atoms with van der Waals surface area (Å²) in [5, 5.41) is 33.0. The van der Waals surface area contributed by atoms with E-state index in [4.69, 9.17) is 24.4 Å². The van der Waals surface area contributed by atoms with Crippen LogP contribution in [0.1, 0.15) is 96.1 Å². The van der Waals surface area contributed by atoms with Gasteiger partial charge in [0, 0.05) is 93.9 Å². The molecule has 0 saturated heterocycles. The van der Waals surface area contributed by atoms with E-state index in [1.54, 1.807) is 119 Å². The van der Waals surface area contributed by atoms with E-state index in [1.807, 2.05) is 128 Å². The normalized spacial score (nSPS) is 11.8. The Hall–Kier alpha value is -12.7. The highest BCUT2D eigenvalue weighted by Crippen LogP contribution is 2.32. The Bertz CT molecular complexity index is 5610. The molecule has 0 bridgehead atoms. The molecular formula is C74H89N23O15S4. The highest BCUT2D eigenvalue weighted by Gasteiger charge is 2.28. The number of hydrogen-bond donors (Lipinski definition) is 10. The first-order chi connectivity index (χ1) is 54.5. The molecule has 0 radical (unpaired) electrons. The summed E-state index contributed by atoms with van der Waals surface area (Å²) in [6, 6.07) is 43.3. The average molecular weight is 1670 g/mol. The first kappa shape index (κ1) is 87.2. The molecule has 0 fully saturated rings. The monoisotopic (exact) mass is 1670 g/mol. The molecule has 5 aromatic carbocycles. The van der Waals surface area contributed by atoms with E-state index in [1.165, 1.54) is 66.1 Å². The molecule has 38 nitrogen and oxygen atoms in total. The minimum Gasteiger partial charge on any atom is -0.444 e. The second-order valence-corrected chi connectivity index (χ2v) is 35.5. The molecular weight excluding hydrogens is 1580 g/mol. The number of H-pyrrole nitrogens is 1. The van der Waals surface area contributed by atoms with Crippen molar-refractivity contribution in [3.63, 3.8) is 0 Å². The summed E-state index contributed by atoms with van der Waals surface area (Å²) in [5.41, 5.74) is 8.49. The highest BCUT2D eigenvalue weighted by molar-refractivity contribution is 7.88. The standard InChI is InChI=1S/C27H31N7O5S2.C25H30N8O5S.C22H28N8O5S/c1-27(2,3)22-15-23(29-24(35)30-25-28-21(17-40-25)19-9-7-6-8-10-19)34(31-22)20-13-11-18(12-14-20)16-39-26(36)32-41(37,38)33(4)5;1-25(2,3)20-14-21(28-23(34)29-22-26-18-8-6-7-9-19(18)27-22)33(30-20)17-12-10-16(11-13-17)15-38-24(35)31-39(36,37)32(4)5;1-22(2,3)17-12-19(26-20(31)25-18-10-11-23-14-24-18)30(27-17)16-8-6-15(7-9-16)13-35-21(32)28-36(33,34)29(4)5/h6-15,17H,16H2,1-5H3,(H,32,36)(H2,28,29,30,35);6-14H,15H2,1-5H3,(H,31,35)(H3,26,27,28,29,34);6-12,14H,13H2,1-5H3,(H,28,32)(H2,23,24,25,26,31). The van der Waals surface area contributed by atoms with Crippen LogP contribution in [0.2, 0.25) is 0 Å². The number of imidazole rings is 1. The van der Waals surface area contributed by atoms with E-state index in [0.29, 0.717) is 68.1 Å². The number of nitrogens with zero attached hydrogens (tertiary/aromatic N) is 13. The summed E-state index contributed by atoms with van der Waals surface area (Å²) in [5.74, 6) is 1.97. The number of hydrogen-bond acceptors (Lipinski definition) is 23. The van der Waals surface area contributed by atoms with E-state index in [9.17, 15) is 54.0 Å². The lowest BCUT2D eigenvalue weighted by atomic mass is 9.92. The van der Waals surface area contributed by atoms with Crippen LogP contribution in [0.25, 0.3) is 39.4 Å². The maximum absolute atomic E-state index is 12.9. The lowest BCUT2D eigenvalue weighted by molar-refractivity contribution is 0.144. The van der Waals surface area contributed by atoms with Crippen molar-refractivity contribution < 1.29 is 68.2 Å². The second-order valence-electron chi connectivity index (χ2n) is 29.0. The fourth-order valence-electron chi connectivity index (χ4n) is 9.64. The molecule has 116 heavy (non-hydrogen) atoms. The van der Waals surface area contributed by atoms with Crippen molar-refractivity contribution in [3.8, 4) is 28.3 Å². The number of urea groups is 3. The SMILES string of the molecule is CN(C)S(=O)(=O)NC(=O)OCc1ccc(-n2nc(C(C)(C)C)cc2NC(=O)Nc2ccncn2)cc1.CN(C)S(=O)(=O)NC(=O)OCc1ccc(-n2nc(C(C)(C)C)cc2NC(=O)Nc2nc(-c3ccccc3)cs2)cc1.CN(C)S(=O)(=O)NC(=O)OCc1ccc(-n2nc(C(C)(C)C)cc2NC(=O)Nc2nc3ccccc3[nH]2)cc1. The van der Waals surface area contributed by atoms with Gasteiger partial charge in [-0.3, -0.25) is 31.9 Å². The number of thiazole rings is 1. The molecule has 6 aromatic heterocycles. The van der Waals surface area contributed by atoms with Gasteiger partial charge in [0.1, 0.15) is 49.4 Å². The van der Waals surface area contributed by atoms with Gasteiger partial charge < -0.3 is 19.2 Å². The Kier molecular flexibility index (Phi) is 27.9. The Morgan fingerprint density at radius 3 is 1.18 bits per heavy atom. The summed E-state index contributed by atoms with van der Waals surface area (Å²) < 4.78 is 98.2. The van der Waals surface area contributed by atoms with Gasteiger partial charge in [-0.05, 0) is 71.3 Å². The largest absolute Gasteiger partial charge is 0.444 e. The lowest BCUT2D eigenvalue weighted by Crippen LogP contribution is -2.39. The van der Waals surface area contributed by atoms with E-state index >= 15 is 0 Å². The number of aromatic amines is 1. The molecule has 0 aliphatic rings. The number of ether oxygens (including phenoxy) is 3. The minimum absolute atomic E-state index is 0.145. The van der Waals surface area contributed by atoms with Gasteiger partial charge in [-0.25, -0.2) is 76.9 Å². The number of fused-ring (bicyclic) bond motifs is 1. The summed E-state index contributed by atoms with van der Waals surface area (Å²) in [6.45, 7) is 17.7. The average Bonchev–Trinajstić information content (AvgIpc) is 1.67. The van der Waals surface area contributed by atoms with Crippen molar-refractivity contribution in [3.05, 3.63) is 203 Å². The zero-order chi connectivity index (χ0) is 84.7. The number of para-hydroxylation sites is 2. The van der Waals surface area contributed by atoms with Gasteiger partial charge in [0.2, 0.25) is 5.95 Å². The third-order valence-corrected chi connectivity index (χ3v) is 21.0. The van der Waals surface area contributed by atoms with E-state index < -0.39 is 67.0 Å². The first-order valence-electron chi connectivity index (χ1n) is 35.1. The van der Waals surface area contributed by atoms with Crippen LogP contribution in [0.5, 0.6) is 0 Å². The summed E-state index contributed by atoms with van der Waals surface area (Å²) >= 11 is 1.32. The van der Waals surface area contributed by atoms with Crippen LogP contribution in [0.3, 0.4) is 0 Å². The van der Waals surface area contributed by atoms with E-state index in [-0.39, 0.29) is 36.1 Å². The zero-order valence-corrected chi connectivity index (χ0v) is 69.1. The fraction of sp³-hybridized carbons (Fsp3) is 0.284. The minimum atomic E-state index is -3.95. The van der Waals surface area contributed by atoms with E-state index in [0.717, 1.165) is 52.3 Å². The van der Waals surface area contributed by atoms with Crippen molar-refractivity contribution in [2.75, 3.05) is 74.2 Å². The van der Waals surface area contributed by atoms with Crippen molar-refractivity contribution in [2.45, 2.75) is 98.4 Å². The molecule has 0 atom stereocenters. The third kappa shape index (κ3) is 24.6. The van der Waals surface area contributed by atoms with Gasteiger partial charge in [0.05, 0.1) is 50.9 Å². The molecule has 6 heterocycles. The number of aromatic nitrogens is 11. The van der Waals surface area contributed by atoms with Crippen LogP contribution in [-0.2, 0) is 80.9 Å². The van der Waals surface area contributed by atoms with Gasteiger partial charge in [-0.1, -0.05) is 141 Å². The Balaban J connectivity index is 0.000000199. The van der Waals surface area contributed by atoms with Crippen molar-refractivity contribution in [1.29, 1.82) is 0 Å². The smallest absolute Gasteiger partial charge is 0.422 e. The molecule has 0 aliphatic carbocycles. The van der Waals surface area contributed by atoms with Gasteiger partial charge in [0.15, 0.2) is 5.13 Å².